The van der Waals surface area contributed by atoms with Crippen LogP contribution in [0.3, 0.4) is 0 Å². The minimum atomic E-state index is 0.384. The van der Waals surface area contributed by atoms with Gasteiger partial charge in [-0.15, -0.1) is 0 Å². The highest BCUT2D eigenvalue weighted by molar-refractivity contribution is 5.36. The van der Waals surface area contributed by atoms with Gasteiger partial charge in [-0.2, -0.15) is 0 Å². The first-order chi connectivity index (χ1) is 8.79. The third-order valence-electron chi connectivity index (χ3n) is 3.40. The third kappa shape index (κ3) is 3.72. The van der Waals surface area contributed by atoms with Crippen molar-refractivity contribution in [3.63, 3.8) is 0 Å². The molecule has 18 heavy (non-hydrogen) atoms. The molecule has 3 nitrogen and oxygen atoms in total. The number of rotatable bonds is 5. The Kier molecular flexibility index (Phi) is 5.02. The van der Waals surface area contributed by atoms with Gasteiger partial charge in [-0.3, -0.25) is 0 Å². The van der Waals surface area contributed by atoms with Crippen LogP contribution < -0.4 is 10.1 Å². The first kappa shape index (κ1) is 13.4. The second-order valence-electron chi connectivity index (χ2n) is 4.93. The molecule has 1 aliphatic heterocycles. The van der Waals surface area contributed by atoms with Crippen molar-refractivity contribution >= 4 is 0 Å². The van der Waals surface area contributed by atoms with Crippen molar-refractivity contribution < 1.29 is 9.47 Å². The van der Waals surface area contributed by atoms with E-state index in [2.05, 4.69) is 24.4 Å². The summed E-state index contributed by atoms with van der Waals surface area (Å²) in [5, 5.41) is 3.47. The molecule has 0 amide bonds. The largest absolute Gasteiger partial charge is 0.496 e. The van der Waals surface area contributed by atoms with Gasteiger partial charge in [0, 0.05) is 25.3 Å². The highest BCUT2D eigenvalue weighted by atomic mass is 16.5. The Morgan fingerprint density at radius 2 is 2.28 bits per heavy atom. The summed E-state index contributed by atoms with van der Waals surface area (Å²) in [5.74, 6) is 0.956. The number of aryl methyl sites for hydroxylation is 1. The molecular weight excluding hydrogens is 226 g/mol. The van der Waals surface area contributed by atoms with Crippen molar-refractivity contribution in [2.45, 2.75) is 38.8 Å². The monoisotopic (exact) mass is 249 g/mol. The van der Waals surface area contributed by atoms with Crippen molar-refractivity contribution in [3.8, 4) is 5.75 Å². The first-order valence-electron chi connectivity index (χ1n) is 6.75. The van der Waals surface area contributed by atoms with Crippen molar-refractivity contribution in [2.24, 2.45) is 0 Å². The van der Waals surface area contributed by atoms with Crippen LogP contribution in [-0.4, -0.2) is 26.4 Å². The van der Waals surface area contributed by atoms with Crippen LogP contribution in [0.4, 0.5) is 0 Å². The molecule has 1 fully saturated rings. The molecule has 0 bridgehead atoms. The number of ether oxygens (including phenoxy) is 2. The van der Waals surface area contributed by atoms with E-state index in [1.54, 1.807) is 7.11 Å². The van der Waals surface area contributed by atoms with E-state index in [4.69, 9.17) is 9.47 Å². The molecule has 1 saturated heterocycles. The first-order valence-corrected chi connectivity index (χ1v) is 6.75. The van der Waals surface area contributed by atoms with E-state index in [1.165, 1.54) is 30.4 Å². The molecule has 1 N–H and O–H groups in total. The Hall–Kier alpha value is -1.06. The van der Waals surface area contributed by atoms with Gasteiger partial charge in [-0.1, -0.05) is 17.7 Å². The zero-order valence-corrected chi connectivity index (χ0v) is 11.4. The van der Waals surface area contributed by atoms with E-state index in [9.17, 15) is 0 Å². The van der Waals surface area contributed by atoms with Gasteiger partial charge < -0.3 is 14.8 Å². The maximum absolute atomic E-state index is 5.70. The molecule has 0 radical (unpaired) electrons. The van der Waals surface area contributed by atoms with E-state index in [-0.39, 0.29) is 0 Å². The van der Waals surface area contributed by atoms with Crippen LogP contribution in [0.2, 0.25) is 0 Å². The average molecular weight is 249 g/mol. The van der Waals surface area contributed by atoms with Crippen LogP contribution in [0, 0.1) is 6.92 Å². The smallest absolute Gasteiger partial charge is 0.123 e. The summed E-state index contributed by atoms with van der Waals surface area (Å²) in [6.45, 7) is 4.79. The Morgan fingerprint density at radius 1 is 1.39 bits per heavy atom. The van der Waals surface area contributed by atoms with E-state index < -0.39 is 0 Å². The quantitative estimate of drug-likeness (QED) is 0.870. The summed E-state index contributed by atoms with van der Waals surface area (Å²) in [7, 11) is 1.72. The van der Waals surface area contributed by atoms with Gasteiger partial charge in [0.15, 0.2) is 0 Å². The summed E-state index contributed by atoms with van der Waals surface area (Å²) >= 11 is 0. The normalized spacial score (nSPS) is 19.8. The van der Waals surface area contributed by atoms with Crippen molar-refractivity contribution in [1.29, 1.82) is 0 Å². The molecule has 3 heteroatoms. The standard InChI is InChI=1S/C15H23NO2/c1-12-6-7-15(17-2)13(9-12)10-16-11-14-5-3-4-8-18-14/h6-7,9,14,16H,3-5,8,10-11H2,1-2H3. The van der Waals surface area contributed by atoms with Crippen LogP contribution in [0.15, 0.2) is 18.2 Å². The molecule has 1 aromatic carbocycles. The van der Waals surface area contributed by atoms with Gasteiger partial charge in [-0.05, 0) is 32.3 Å². The van der Waals surface area contributed by atoms with Crippen molar-refractivity contribution in [3.05, 3.63) is 29.3 Å². The molecule has 1 heterocycles. The number of hydrogen-bond donors (Lipinski definition) is 1. The molecule has 1 aromatic rings. The van der Waals surface area contributed by atoms with Crippen LogP contribution >= 0.6 is 0 Å². The zero-order valence-electron chi connectivity index (χ0n) is 11.4. The van der Waals surface area contributed by atoms with Gasteiger partial charge in [0.25, 0.3) is 0 Å². The second kappa shape index (κ2) is 6.76. The predicted molar refractivity (Wildman–Crippen MR) is 73.0 cm³/mol. The molecule has 0 saturated carbocycles. The minimum absolute atomic E-state index is 0.384. The van der Waals surface area contributed by atoms with E-state index >= 15 is 0 Å². The lowest BCUT2D eigenvalue weighted by Crippen LogP contribution is -2.31. The summed E-state index contributed by atoms with van der Waals surface area (Å²) in [5.41, 5.74) is 2.48. The molecule has 1 unspecified atom stereocenters. The molecule has 0 aromatic heterocycles. The van der Waals surface area contributed by atoms with Gasteiger partial charge >= 0.3 is 0 Å². The molecule has 1 atom stereocenters. The van der Waals surface area contributed by atoms with E-state index in [1.807, 2.05) is 6.07 Å². The number of methoxy groups -OCH3 is 1. The fourth-order valence-corrected chi connectivity index (χ4v) is 2.38. The summed E-state index contributed by atoms with van der Waals surface area (Å²) < 4.78 is 11.1. The average Bonchev–Trinajstić information content (AvgIpc) is 2.40. The zero-order chi connectivity index (χ0) is 12.8. The summed E-state index contributed by atoms with van der Waals surface area (Å²) in [6, 6.07) is 6.28. The summed E-state index contributed by atoms with van der Waals surface area (Å²) in [4.78, 5) is 0. The van der Waals surface area contributed by atoms with Crippen molar-refractivity contribution in [2.75, 3.05) is 20.3 Å². The molecular formula is C15H23NO2. The van der Waals surface area contributed by atoms with Gasteiger partial charge in [-0.25, -0.2) is 0 Å². The Labute approximate surface area is 109 Å². The maximum Gasteiger partial charge on any atom is 0.123 e. The van der Waals surface area contributed by atoms with Crippen molar-refractivity contribution in [1.82, 2.24) is 5.32 Å². The minimum Gasteiger partial charge on any atom is -0.496 e. The maximum atomic E-state index is 5.70. The lowest BCUT2D eigenvalue weighted by Gasteiger charge is -2.23. The molecule has 0 aliphatic carbocycles. The van der Waals surface area contributed by atoms with Crippen LogP contribution in [0.25, 0.3) is 0 Å². The lowest BCUT2D eigenvalue weighted by molar-refractivity contribution is 0.0167. The number of nitrogens with one attached hydrogen (secondary N) is 1. The fraction of sp³-hybridized carbons (Fsp3) is 0.600. The Bertz CT molecular complexity index is 373. The number of benzene rings is 1. The Balaban J connectivity index is 1.83. The highest BCUT2D eigenvalue weighted by Crippen LogP contribution is 2.19. The van der Waals surface area contributed by atoms with E-state index in [0.717, 1.165) is 25.4 Å². The third-order valence-corrected chi connectivity index (χ3v) is 3.40. The van der Waals surface area contributed by atoms with Gasteiger partial charge in [0.1, 0.15) is 5.75 Å². The Morgan fingerprint density at radius 3 is 3.00 bits per heavy atom. The highest BCUT2D eigenvalue weighted by Gasteiger charge is 2.13. The van der Waals surface area contributed by atoms with Gasteiger partial charge in [0.05, 0.1) is 13.2 Å². The molecule has 2 rings (SSSR count). The van der Waals surface area contributed by atoms with Gasteiger partial charge in [0.2, 0.25) is 0 Å². The van der Waals surface area contributed by atoms with Crippen LogP contribution in [-0.2, 0) is 11.3 Å². The molecule has 1 aliphatic rings. The number of hydrogen-bond acceptors (Lipinski definition) is 3. The lowest BCUT2D eigenvalue weighted by atomic mass is 10.1. The fourth-order valence-electron chi connectivity index (χ4n) is 2.38. The topological polar surface area (TPSA) is 30.5 Å². The van der Waals surface area contributed by atoms with E-state index in [0.29, 0.717) is 6.10 Å². The molecule has 0 spiro atoms. The second-order valence-corrected chi connectivity index (χ2v) is 4.93. The predicted octanol–water partition coefficient (Wildman–Crippen LogP) is 2.66. The van der Waals surface area contributed by atoms with Crippen LogP contribution in [0.1, 0.15) is 30.4 Å². The van der Waals surface area contributed by atoms with Crippen LogP contribution in [0.5, 0.6) is 5.75 Å². The summed E-state index contributed by atoms with van der Waals surface area (Å²) in [6.07, 6.45) is 4.06. The molecule has 100 valence electrons. The SMILES string of the molecule is COc1ccc(C)cc1CNCC1CCCCO1.